The van der Waals surface area contributed by atoms with E-state index >= 15 is 0 Å². The normalized spacial score (nSPS) is 9.89. The zero-order valence-corrected chi connectivity index (χ0v) is 15.2. The van der Waals surface area contributed by atoms with E-state index in [1.807, 2.05) is 6.07 Å². The lowest BCUT2D eigenvalue weighted by Crippen LogP contribution is -2.43. The quantitative estimate of drug-likeness (QED) is 0.379. The summed E-state index contributed by atoms with van der Waals surface area (Å²) in [5.41, 5.74) is 5.19. The number of amides is 2. The number of esters is 1. The molecular weight excluding hydrogens is 368 g/mol. The standard InChI is InChI=1S/C19H20N2O7/c1-3-5-13-7-8-14(16(10-13)25-2)27-12-18(23)28-11-17(22)20-21-19(24)15-6-4-9-26-15/h3-4,6-10H,1,5,11-12H2,2H3,(H,20,22)(H,21,24). The maximum atomic E-state index is 11.7. The highest BCUT2D eigenvalue weighted by Gasteiger charge is 2.13. The van der Waals surface area contributed by atoms with E-state index in [2.05, 4.69) is 17.4 Å². The number of hydrogen-bond acceptors (Lipinski definition) is 7. The molecule has 2 N–H and O–H groups in total. The number of hydrogen-bond donors (Lipinski definition) is 2. The molecule has 9 nitrogen and oxygen atoms in total. The van der Waals surface area contributed by atoms with Crippen molar-refractivity contribution in [3.63, 3.8) is 0 Å². The Kier molecular flexibility index (Phi) is 7.64. The van der Waals surface area contributed by atoms with Gasteiger partial charge in [0.25, 0.3) is 5.91 Å². The third-order valence-corrected chi connectivity index (χ3v) is 3.38. The molecule has 0 atom stereocenters. The first-order chi connectivity index (χ1) is 13.5. The molecule has 0 fully saturated rings. The average Bonchev–Trinajstić information content (AvgIpc) is 3.24. The van der Waals surface area contributed by atoms with Gasteiger partial charge in [-0.05, 0) is 36.2 Å². The topological polar surface area (TPSA) is 116 Å². The van der Waals surface area contributed by atoms with Crippen molar-refractivity contribution in [2.45, 2.75) is 6.42 Å². The number of hydrazine groups is 1. The van der Waals surface area contributed by atoms with E-state index < -0.39 is 31.0 Å². The molecule has 1 aromatic heterocycles. The van der Waals surface area contributed by atoms with Crippen molar-refractivity contribution in [3.05, 3.63) is 60.6 Å². The van der Waals surface area contributed by atoms with E-state index in [1.54, 1.807) is 18.2 Å². The lowest BCUT2D eigenvalue weighted by Gasteiger charge is -2.12. The van der Waals surface area contributed by atoms with Gasteiger partial charge in [-0.3, -0.25) is 20.4 Å². The Morgan fingerprint density at radius 2 is 1.96 bits per heavy atom. The number of furan rings is 1. The molecule has 0 aliphatic heterocycles. The van der Waals surface area contributed by atoms with Crippen molar-refractivity contribution in [2.75, 3.05) is 20.3 Å². The lowest BCUT2D eigenvalue weighted by atomic mass is 10.1. The summed E-state index contributed by atoms with van der Waals surface area (Å²) < 4.78 is 20.2. The van der Waals surface area contributed by atoms with Crippen LogP contribution in [-0.2, 0) is 20.7 Å². The summed E-state index contributed by atoms with van der Waals surface area (Å²) >= 11 is 0. The van der Waals surface area contributed by atoms with Gasteiger partial charge in [-0.1, -0.05) is 12.1 Å². The fourth-order valence-corrected chi connectivity index (χ4v) is 2.08. The van der Waals surface area contributed by atoms with Crippen LogP contribution in [0, 0.1) is 0 Å². The molecule has 148 valence electrons. The zero-order chi connectivity index (χ0) is 20.4. The van der Waals surface area contributed by atoms with Gasteiger partial charge in [-0.25, -0.2) is 4.79 Å². The maximum absolute atomic E-state index is 11.7. The van der Waals surface area contributed by atoms with Crippen LogP contribution >= 0.6 is 0 Å². The number of carbonyl (C=O) groups excluding carboxylic acids is 3. The van der Waals surface area contributed by atoms with Crippen molar-refractivity contribution in [1.82, 2.24) is 10.9 Å². The molecule has 2 amide bonds. The number of allylic oxidation sites excluding steroid dienone is 1. The van der Waals surface area contributed by atoms with Crippen LogP contribution in [0.1, 0.15) is 16.1 Å². The van der Waals surface area contributed by atoms with Gasteiger partial charge in [0.15, 0.2) is 30.5 Å². The van der Waals surface area contributed by atoms with E-state index in [9.17, 15) is 14.4 Å². The number of methoxy groups -OCH3 is 1. The second kappa shape index (κ2) is 10.4. The van der Waals surface area contributed by atoms with Gasteiger partial charge >= 0.3 is 11.9 Å². The van der Waals surface area contributed by atoms with Crippen molar-refractivity contribution in [2.24, 2.45) is 0 Å². The van der Waals surface area contributed by atoms with Gasteiger partial charge in [-0.15, -0.1) is 6.58 Å². The second-order valence-corrected chi connectivity index (χ2v) is 5.41. The average molecular weight is 388 g/mol. The lowest BCUT2D eigenvalue weighted by molar-refractivity contribution is -0.150. The molecule has 9 heteroatoms. The molecule has 0 spiro atoms. The Hall–Kier alpha value is -3.75. The summed E-state index contributed by atoms with van der Waals surface area (Å²) in [5, 5.41) is 0. The molecule has 0 saturated carbocycles. The molecule has 0 radical (unpaired) electrons. The van der Waals surface area contributed by atoms with Gasteiger partial charge in [0.05, 0.1) is 13.4 Å². The van der Waals surface area contributed by atoms with Crippen LogP contribution < -0.4 is 20.3 Å². The van der Waals surface area contributed by atoms with E-state index in [1.165, 1.54) is 25.5 Å². The Labute approximate surface area is 161 Å². The number of benzene rings is 1. The third-order valence-electron chi connectivity index (χ3n) is 3.38. The fourth-order valence-electron chi connectivity index (χ4n) is 2.08. The highest BCUT2D eigenvalue weighted by atomic mass is 16.6. The molecule has 0 saturated heterocycles. The van der Waals surface area contributed by atoms with Gasteiger partial charge in [0.1, 0.15) is 0 Å². The van der Waals surface area contributed by atoms with Gasteiger partial charge in [0, 0.05) is 0 Å². The first-order valence-corrected chi connectivity index (χ1v) is 8.22. The van der Waals surface area contributed by atoms with Crippen LogP contribution in [0.4, 0.5) is 0 Å². The van der Waals surface area contributed by atoms with Crippen molar-refractivity contribution in [3.8, 4) is 11.5 Å². The molecule has 28 heavy (non-hydrogen) atoms. The van der Waals surface area contributed by atoms with Gasteiger partial charge in [0.2, 0.25) is 0 Å². The van der Waals surface area contributed by atoms with Gasteiger partial charge < -0.3 is 18.6 Å². The number of rotatable bonds is 9. The highest BCUT2D eigenvalue weighted by molar-refractivity contribution is 5.93. The summed E-state index contributed by atoms with van der Waals surface area (Å²) in [6.45, 7) is 2.67. The number of ether oxygens (including phenoxy) is 3. The SMILES string of the molecule is C=CCc1ccc(OCC(=O)OCC(=O)NNC(=O)c2ccco2)c(OC)c1. The van der Waals surface area contributed by atoms with Crippen LogP contribution in [0.25, 0.3) is 0 Å². The van der Waals surface area contributed by atoms with Crippen LogP contribution in [0.5, 0.6) is 11.5 Å². The van der Waals surface area contributed by atoms with E-state index in [0.29, 0.717) is 17.9 Å². The van der Waals surface area contributed by atoms with Crippen LogP contribution in [0.15, 0.2) is 53.7 Å². The Morgan fingerprint density at radius 3 is 2.64 bits per heavy atom. The van der Waals surface area contributed by atoms with Crippen LogP contribution in [0.3, 0.4) is 0 Å². The first-order valence-electron chi connectivity index (χ1n) is 8.22. The highest BCUT2D eigenvalue weighted by Crippen LogP contribution is 2.28. The third kappa shape index (κ3) is 6.20. The minimum Gasteiger partial charge on any atom is -0.493 e. The van der Waals surface area contributed by atoms with Crippen molar-refractivity contribution in [1.29, 1.82) is 0 Å². The predicted molar refractivity (Wildman–Crippen MR) is 97.7 cm³/mol. The summed E-state index contributed by atoms with van der Waals surface area (Å²) in [4.78, 5) is 34.9. The molecule has 0 unspecified atom stereocenters. The van der Waals surface area contributed by atoms with Crippen LogP contribution in [0.2, 0.25) is 0 Å². The van der Waals surface area contributed by atoms with Crippen molar-refractivity contribution < 1.29 is 33.0 Å². The maximum Gasteiger partial charge on any atom is 0.344 e. The van der Waals surface area contributed by atoms with Gasteiger partial charge in [-0.2, -0.15) is 0 Å². The minimum absolute atomic E-state index is 0.0266. The molecule has 0 aliphatic rings. The molecule has 2 rings (SSSR count). The summed E-state index contributed by atoms with van der Waals surface area (Å²) in [6.07, 6.45) is 3.75. The minimum atomic E-state index is -0.760. The summed E-state index contributed by atoms with van der Waals surface area (Å²) in [7, 11) is 1.49. The predicted octanol–water partition coefficient (Wildman–Crippen LogP) is 1.40. The zero-order valence-electron chi connectivity index (χ0n) is 15.2. The Bertz CT molecular complexity index is 831. The largest absolute Gasteiger partial charge is 0.493 e. The number of nitrogens with one attached hydrogen (secondary N) is 2. The van der Waals surface area contributed by atoms with E-state index in [4.69, 9.17) is 18.6 Å². The fraction of sp³-hybridized carbons (Fsp3) is 0.211. The molecule has 1 heterocycles. The van der Waals surface area contributed by atoms with Crippen LogP contribution in [-0.4, -0.2) is 38.1 Å². The van der Waals surface area contributed by atoms with Crippen molar-refractivity contribution >= 4 is 17.8 Å². The first kappa shape index (κ1) is 20.6. The van der Waals surface area contributed by atoms with E-state index in [-0.39, 0.29) is 5.76 Å². The summed E-state index contributed by atoms with van der Waals surface area (Å²) in [5.74, 6) is -1.27. The second-order valence-electron chi connectivity index (χ2n) is 5.41. The molecular formula is C19H20N2O7. The Balaban J connectivity index is 1.73. The molecule has 0 aliphatic carbocycles. The Morgan fingerprint density at radius 1 is 1.14 bits per heavy atom. The smallest absolute Gasteiger partial charge is 0.344 e. The number of carbonyl (C=O) groups is 3. The molecule has 2 aromatic rings. The van der Waals surface area contributed by atoms with E-state index in [0.717, 1.165) is 5.56 Å². The molecule has 0 bridgehead atoms. The molecule has 1 aromatic carbocycles. The summed E-state index contributed by atoms with van der Waals surface area (Å²) in [6, 6.07) is 8.22. The monoisotopic (exact) mass is 388 g/mol.